The van der Waals surface area contributed by atoms with Crippen molar-refractivity contribution in [1.82, 2.24) is 24.7 Å². The van der Waals surface area contributed by atoms with E-state index in [1.54, 1.807) is 19.0 Å². The molecule has 3 heterocycles. The van der Waals surface area contributed by atoms with Crippen LogP contribution in [0.3, 0.4) is 0 Å². The minimum atomic E-state index is -0.354. The number of rotatable bonds is 6. The van der Waals surface area contributed by atoms with E-state index in [0.717, 1.165) is 27.8 Å². The summed E-state index contributed by atoms with van der Waals surface area (Å²) in [5, 5.41) is 6.65. The van der Waals surface area contributed by atoms with Crippen LogP contribution >= 0.6 is 11.3 Å². The molecule has 1 aliphatic heterocycles. The number of amides is 4. The number of benzene rings is 1. The van der Waals surface area contributed by atoms with Crippen molar-refractivity contribution in [2.24, 2.45) is 7.05 Å². The zero-order valence-electron chi connectivity index (χ0n) is 20.3. The van der Waals surface area contributed by atoms with Crippen molar-refractivity contribution < 1.29 is 19.1 Å². The summed E-state index contributed by atoms with van der Waals surface area (Å²) >= 11 is 1.15. The van der Waals surface area contributed by atoms with E-state index in [0.29, 0.717) is 48.3 Å². The van der Waals surface area contributed by atoms with Gasteiger partial charge in [-0.15, -0.1) is 0 Å². The lowest BCUT2D eigenvalue weighted by Crippen LogP contribution is -2.49. The predicted molar refractivity (Wildman–Crippen MR) is 135 cm³/mol. The third-order valence-corrected chi connectivity index (χ3v) is 6.84. The highest BCUT2D eigenvalue weighted by Gasteiger charge is 2.30. The molecule has 1 aliphatic rings. The number of urea groups is 1. The van der Waals surface area contributed by atoms with E-state index in [2.05, 4.69) is 15.6 Å². The van der Waals surface area contributed by atoms with Gasteiger partial charge in [-0.3, -0.25) is 14.9 Å². The van der Waals surface area contributed by atoms with Crippen molar-refractivity contribution >= 4 is 45.2 Å². The first kappa shape index (κ1) is 24.7. The van der Waals surface area contributed by atoms with Gasteiger partial charge in [-0.05, 0) is 37.1 Å². The Morgan fingerprint density at radius 2 is 2.09 bits per heavy atom. The summed E-state index contributed by atoms with van der Waals surface area (Å²) in [6, 6.07) is 5.19. The topological polar surface area (TPSA) is 109 Å². The number of thiazole rings is 1. The number of ether oxygens (including phenoxy) is 1. The summed E-state index contributed by atoms with van der Waals surface area (Å²) in [7, 11) is 5.44. The fourth-order valence-electron chi connectivity index (χ4n) is 4.25. The van der Waals surface area contributed by atoms with Crippen LogP contribution < -0.4 is 10.6 Å². The second-order valence-corrected chi connectivity index (χ2v) is 9.67. The molecule has 2 aromatic heterocycles. The molecule has 0 radical (unpaired) electrons. The third kappa shape index (κ3) is 5.30. The Morgan fingerprint density at radius 1 is 1.29 bits per heavy atom. The molecule has 1 atom stereocenters. The van der Waals surface area contributed by atoms with Gasteiger partial charge in [0.15, 0.2) is 5.13 Å². The molecule has 10 nitrogen and oxygen atoms in total. The van der Waals surface area contributed by atoms with Crippen molar-refractivity contribution in [1.29, 1.82) is 0 Å². The number of nitrogens with one attached hydrogen (secondary N) is 2. The first-order valence-corrected chi connectivity index (χ1v) is 12.3. The van der Waals surface area contributed by atoms with Crippen LogP contribution in [-0.2, 0) is 18.2 Å². The van der Waals surface area contributed by atoms with Gasteiger partial charge in [-0.2, -0.15) is 0 Å². The zero-order chi connectivity index (χ0) is 25.1. The Balaban J connectivity index is 1.56. The maximum absolute atomic E-state index is 13.4. The highest BCUT2D eigenvalue weighted by atomic mass is 32.1. The molecule has 0 spiro atoms. The van der Waals surface area contributed by atoms with E-state index in [4.69, 9.17) is 4.74 Å². The van der Waals surface area contributed by atoms with Crippen molar-refractivity contribution in [3.05, 3.63) is 46.6 Å². The van der Waals surface area contributed by atoms with Gasteiger partial charge in [-0.1, -0.05) is 11.3 Å². The van der Waals surface area contributed by atoms with E-state index in [1.807, 2.05) is 47.8 Å². The van der Waals surface area contributed by atoms with Gasteiger partial charge in [0.1, 0.15) is 4.88 Å². The maximum atomic E-state index is 13.4. The molecule has 3 aromatic rings. The molecule has 35 heavy (non-hydrogen) atoms. The molecule has 2 N–H and O–H groups in total. The summed E-state index contributed by atoms with van der Waals surface area (Å²) < 4.78 is 7.76. The number of aryl methyl sites for hydroxylation is 1. The Labute approximate surface area is 207 Å². The number of carbonyl (C=O) groups is 3. The van der Waals surface area contributed by atoms with Crippen LogP contribution in [0.15, 0.2) is 30.6 Å². The normalized spacial score (nSPS) is 15.8. The van der Waals surface area contributed by atoms with Crippen molar-refractivity contribution in [2.75, 3.05) is 45.7 Å². The van der Waals surface area contributed by atoms with Crippen molar-refractivity contribution in [3.8, 4) is 0 Å². The highest BCUT2D eigenvalue weighted by Crippen LogP contribution is 2.27. The number of carbonyl (C=O) groups excluding carboxylic acids is 3. The molecule has 11 heteroatoms. The van der Waals surface area contributed by atoms with Gasteiger partial charge in [0, 0.05) is 56.9 Å². The van der Waals surface area contributed by atoms with E-state index in [1.165, 1.54) is 6.20 Å². The second kappa shape index (κ2) is 10.4. The Morgan fingerprint density at radius 3 is 2.83 bits per heavy atom. The lowest BCUT2D eigenvalue weighted by molar-refractivity contribution is -0.00131. The van der Waals surface area contributed by atoms with Gasteiger partial charge in [0.05, 0.1) is 25.5 Å². The van der Waals surface area contributed by atoms with Crippen LogP contribution in [0.25, 0.3) is 10.9 Å². The summed E-state index contributed by atoms with van der Waals surface area (Å²) in [6.07, 6.45) is 4.14. The maximum Gasteiger partial charge on any atom is 0.321 e. The molecule has 1 aromatic carbocycles. The molecule has 1 fully saturated rings. The zero-order valence-corrected chi connectivity index (χ0v) is 21.1. The number of hydrogen-bond acceptors (Lipinski definition) is 6. The number of nitrogens with zero attached hydrogens (tertiary/aromatic N) is 4. The van der Waals surface area contributed by atoms with E-state index in [9.17, 15) is 14.4 Å². The number of fused-ring (bicyclic) bond motifs is 1. The molecule has 1 saturated heterocycles. The molecule has 0 unspecified atom stereocenters. The lowest BCUT2D eigenvalue weighted by Gasteiger charge is -2.35. The van der Waals surface area contributed by atoms with Gasteiger partial charge in [-0.25, -0.2) is 9.78 Å². The van der Waals surface area contributed by atoms with Crippen molar-refractivity contribution in [2.45, 2.75) is 19.4 Å². The molecular formula is C24H30N6O4S. The predicted octanol–water partition coefficient (Wildman–Crippen LogP) is 2.56. The molecular weight excluding hydrogens is 468 g/mol. The standard InChI is InChI=1S/C24H30N6O4S/c1-5-25-23(33)27-24-26-12-20(35-24)22(32)30-8-9-34-14-17(30)10-16-13-29(4)19-7-6-15(11-18(16)19)21(31)28(2)3/h6-7,11-13,17H,5,8-10,14H2,1-4H3,(H2,25,26,27,33)/t17-/m0/s1. The van der Waals surface area contributed by atoms with Crippen LogP contribution in [0.1, 0.15) is 32.5 Å². The Kier molecular flexibility index (Phi) is 7.37. The molecule has 186 valence electrons. The average Bonchev–Trinajstić information content (AvgIpc) is 3.42. The molecule has 4 rings (SSSR count). The molecule has 0 aliphatic carbocycles. The van der Waals surface area contributed by atoms with Gasteiger partial charge >= 0.3 is 6.03 Å². The summed E-state index contributed by atoms with van der Waals surface area (Å²) in [5.74, 6) is -0.190. The number of anilines is 1. The van der Waals surface area contributed by atoms with Gasteiger partial charge in [0.2, 0.25) is 0 Å². The number of morpholine rings is 1. The van der Waals surface area contributed by atoms with Crippen LogP contribution in [-0.4, -0.2) is 83.6 Å². The summed E-state index contributed by atoms with van der Waals surface area (Å²) in [5.41, 5.74) is 2.69. The largest absolute Gasteiger partial charge is 0.377 e. The number of hydrogen-bond donors (Lipinski definition) is 2. The first-order chi connectivity index (χ1) is 16.8. The molecule has 0 saturated carbocycles. The fraction of sp³-hybridized carbons (Fsp3) is 0.417. The van der Waals surface area contributed by atoms with Gasteiger partial charge in [0.25, 0.3) is 11.8 Å². The van der Waals surface area contributed by atoms with E-state index in [-0.39, 0.29) is 23.9 Å². The van der Waals surface area contributed by atoms with Crippen molar-refractivity contribution in [3.63, 3.8) is 0 Å². The Hall–Kier alpha value is -3.44. The summed E-state index contributed by atoms with van der Waals surface area (Å²) in [4.78, 5) is 45.7. The molecule has 4 amide bonds. The minimum Gasteiger partial charge on any atom is -0.377 e. The van der Waals surface area contributed by atoms with Crippen LogP contribution in [0.2, 0.25) is 0 Å². The third-order valence-electron chi connectivity index (χ3n) is 5.94. The van der Waals surface area contributed by atoms with E-state index >= 15 is 0 Å². The average molecular weight is 499 g/mol. The smallest absolute Gasteiger partial charge is 0.321 e. The molecule has 0 bridgehead atoms. The van der Waals surface area contributed by atoms with Crippen LogP contribution in [0, 0.1) is 0 Å². The van der Waals surface area contributed by atoms with Gasteiger partial charge < -0.3 is 24.4 Å². The van der Waals surface area contributed by atoms with Crippen LogP contribution in [0.4, 0.5) is 9.93 Å². The first-order valence-electron chi connectivity index (χ1n) is 11.5. The second-order valence-electron chi connectivity index (χ2n) is 8.64. The van der Waals surface area contributed by atoms with Crippen LogP contribution in [0.5, 0.6) is 0 Å². The quantitative estimate of drug-likeness (QED) is 0.543. The Bertz CT molecular complexity index is 1250. The SMILES string of the molecule is CCNC(=O)Nc1ncc(C(=O)N2CCOC[C@@H]2Cc2cn(C)c3ccc(C(=O)N(C)C)cc23)s1. The highest BCUT2D eigenvalue weighted by molar-refractivity contribution is 7.17. The van der Waals surface area contributed by atoms with E-state index < -0.39 is 0 Å². The minimum absolute atomic E-state index is 0.0539. The summed E-state index contributed by atoms with van der Waals surface area (Å²) in [6.45, 7) is 3.67. The lowest BCUT2D eigenvalue weighted by atomic mass is 10.0. The number of aromatic nitrogens is 2. The fourth-order valence-corrected chi connectivity index (χ4v) is 5.01. The monoisotopic (exact) mass is 498 g/mol.